The lowest BCUT2D eigenvalue weighted by Crippen LogP contribution is -2.16. The average Bonchev–Trinajstić information content (AvgIpc) is 3.11. The van der Waals surface area contributed by atoms with E-state index in [0.717, 1.165) is 22.5 Å². The minimum atomic E-state index is -0.332. The van der Waals surface area contributed by atoms with E-state index < -0.39 is 0 Å². The zero-order valence-corrected chi connectivity index (χ0v) is 17.5. The van der Waals surface area contributed by atoms with Crippen LogP contribution in [0.4, 0.5) is 0 Å². The van der Waals surface area contributed by atoms with Crippen LogP contribution in [0.3, 0.4) is 0 Å². The van der Waals surface area contributed by atoms with Crippen LogP contribution in [-0.2, 0) is 0 Å². The molecule has 0 fully saturated rings. The first-order valence-electron chi connectivity index (χ1n) is 9.58. The molecule has 4 nitrogen and oxygen atoms in total. The summed E-state index contributed by atoms with van der Waals surface area (Å²) in [6.45, 7) is 3.41. The van der Waals surface area contributed by atoms with Crippen molar-refractivity contribution >= 4 is 23.0 Å². The van der Waals surface area contributed by atoms with Gasteiger partial charge in [0.15, 0.2) is 10.6 Å². The Hall–Kier alpha value is -3.57. The molecule has 4 rings (SSSR count). The van der Waals surface area contributed by atoms with Gasteiger partial charge in [-0.3, -0.25) is 14.2 Å². The number of carbonyl (C=O) groups excluding carboxylic acids is 2. The van der Waals surface area contributed by atoms with Gasteiger partial charge in [0.2, 0.25) is 0 Å². The number of thiazole rings is 1. The SMILES string of the molecule is CC(=O)c1sc(=NC(=O)c2ccccc2)n(-c2ccc(-c3ccccc3)cc2)c1C. The van der Waals surface area contributed by atoms with E-state index in [-0.39, 0.29) is 11.7 Å². The number of ketones is 1. The highest BCUT2D eigenvalue weighted by Crippen LogP contribution is 2.23. The van der Waals surface area contributed by atoms with Gasteiger partial charge in [-0.05, 0) is 42.3 Å². The van der Waals surface area contributed by atoms with Crippen LogP contribution in [0.15, 0.2) is 89.9 Å². The molecule has 0 aliphatic carbocycles. The van der Waals surface area contributed by atoms with Gasteiger partial charge in [-0.2, -0.15) is 4.99 Å². The Morgan fingerprint density at radius 2 is 1.37 bits per heavy atom. The van der Waals surface area contributed by atoms with E-state index in [1.54, 1.807) is 24.3 Å². The molecule has 0 radical (unpaired) electrons. The summed E-state index contributed by atoms with van der Waals surface area (Å²) in [4.78, 5) is 30.2. The van der Waals surface area contributed by atoms with E-state index in [4.69, 9.17) is 0 Å². The molecule has 5 heteroatoms. The van der Waals surface area contributed by atoms with Gasteiger partial charge in [0.05, 0.1) is 4.88 Å². The van der Waals surface area contributed by atoms with Crippen LogP contribution in [-0.4, -0.2) is 16.3 Å². The predicted molar refractivity (Wildman–Crippen MR) is 120 cm³/mol. The van der Waals surface area contributed by atoms with Crippen molar-refractivity contribution in [3.05, 3.63) is 106 Å². The number of carbonyl (C=O) groups is 2. The number of Topliss-reactive ketones (excluding diaryl/α,β-unsaturated/α-hetero) is 1. The van der Waals surface area contributed by atoms with Crippen molar-refractivity contribution in [3.63, 3.8) is 0 Å². The number of rotatable bonds is 4. The second kappa shape index (κ2) is 8.43. The Labute approximate surface area is 178 Å². The smallest absolute Gasteiger partial charge is 0.279 e. The van der Waals surface area contributed by atoms with E-state index >= 15 is 0 Å². The first-order valence-corrected chi connectivity index (χ1v) is 10.4. The molecule has 0 unspecified atom stereocenters. The highest BCUT2D eigenvalue weighted by Gasteiger charge is 2.16. The fourth-order valence-corrected chi connectivity index (χ4v) is 4.35. The number of hydrogen-bond acceptors (Lipinski definition) is 3. The number of nitrogens with zero attached hydrogens (tertiary/aromatic N) is 2. The van der Waals surface area contributed by atoms with E-state index in [0.29, 0.717) is 15.2 Å². The largest absolute Gasteiger partial charge is 0.294 e. The molecule has 0 saturated carbocycles. The molecule has 0 N–H and O–H groups in total. The fourth-order valence-electron chi connectivity index (χ4n) is 3.33. The van der Waals surface area contributed by atoms with Crippen LogP contribution in [0.25, 0.3) is 16.8 Å². The third kappa shape index (κ3) is 3.93. The van der Waals surface area contributed by atoms with Gasteiger partial charge in [0.25, 0.3) is 5.91 Å². The standard InChI is InChI=1S/C25H20N2O2S/c1-17-23(18(2)28)30-25(26-24(29)21-11-7-4-8-12-21)27(17)22-15-13-20(14-16-22)19-9-5-3-6-10-19/h3-16H,1-2H3. The van der Waals surface area contributed by atoms with E-state index in [9.17, 15) is 9.59 Å². The first-order chi connectivity index (χ1) is 14.5. The maximum Gasteiger partial charge on any atom is 0.279 e. The maximum absolute atomic E-state index is 12.7. The minimum Gasteiger partial charge on any atom is -0.294 e. The van der Waals surface area contributed by atoms with Gasteiger partial charge >= 0.3 is 0 Å². The Kier molecular flexibility index (Phi) is 5.55. The average molecular weight is 413 g/mol. The van der Waals surface area contributed by atoms with Crippen LogP contribution in [0, 0.1) is 6.92 Å². The highest BCUT2D eigenvalue weighted by molar-refractivity contribution is 7.11. The van der Waals surface area contributed by atoms with Crippen LogP contribution < -0.4 is 4.80 Å². The van der Waals surface area contributed by atoms with Gasteiger partial charge in [-0.1, -0.05) is 72.0 Å². The lowest BCUT2D eigenvalue weighted by molar-refractivity contribution is 0.0995. The highest BCUT2D eigenvalue weighted by atomic mass is 32.1. The summed E-state index contributed by atoms with van der Waals surface area (Å²) < 4.78 is 1.87. The quantitative estimate of drug-likeness (QED) is 0.418. The summed E-state index contributed by atoms with van der Waals surface area (Å²) in [5.74, 6) is -0.373. The van der Waals surface area contributed by atoms with Crippen LogP contribution in [0.1, 0.15) is 32.6 Å². The molecule has 148 valence electrons. The maximum atomic E-state index is 12.7. The molecule has 1 heterocycles. The molecule has 1 amide bonds. The summed E-state index contributed by atoms with van der Waals surface area (Å²) in [6, 6.07) is 27.1. The van der Waals surface area contributed by atoms with Gasteiger partial charge in [-0.25, -0.2) is 0 Å². The van der Waals surface area contributed by atoms with Crippen molar-refractivity contribution in [1.29, 1.82) is 0 Å². The normalized spacial score (nSPS) is 11.5. The summed E-state index contributed by atoms with van der Waals surface area (Å²) in [6.07, 6.45) is 0. The van der Waals surface area contributed by atoms with Crippen molar-refractivity contribution in [3.8, 4) is 16.8 Å². The third-order valence-corrected chi connectivity index (χ3v) is 6.06. The van der Waals surface area contributed by atoms with Crippen molar-refractivity contribution in [1.82, 2.24) is 4.57 Å². The van der Waals surface area contributed by atoms with Gasteiger partial charge < -0.3 is 0 Å². The molecule has 0 bridgehead atoms. The van der Waals surface area contributed by atoms with Gasteiger partial charge in [0, 0.05) is 23.9 Å². The summed E-state index contributed by atoms with van der Waals surface area (Å²) in [7, 11) is 0. The summed E-state index contributed by atoms with van der Waals surface area (Å²) in [5, 5.41) is 0. The lowest BCUT2D eigenvalue weighted by Gasteiger charge is -2.08. The second-order valence-corrected chi connectivity index (χ2v) is 7.86. The molecule has 0 atom stereocenters. The number of amides is 1. The van der Waals surface area contributed by atoms with E-state index in [2.05, 4.69) is 17.1 Å². The molecule has 3 aromatic carbocycles. The molecular weight excluding hydrogens is 392 g/mol. The number of hydrogen-bond donors (Lipinski definition) is 0. The number of aromatic nitrogens is 1. The molecule has 0 saturated heterocycles. The predicted octanol–water partition coefficient (Wildman–Crippen LogP) is 5.46. The monoisotopic (exact) mass is 412 g/mol. The van der Waals surface area contributed by atoms with Crippen molar-refractivity contribution < 1.29 is 9.59 Å². The Balaban J connectivity index is 1.82. The zero-order chi connectivity index (χ0) is 21.1. The first kappa shape index (κ1) is 19.7. The van der Waals surface area contributed by atoms with Gasteiger partial charge in [-0.15, -0.1) is 0 Å². The molecular formula is C25H20N2O2S. The molecule has 1 aromatic heterocycles. The van der Waals surface area contributed by atoms with Gasteiger partial charge in [0.1, 0.15) is 0 Å². The Morgan fingerprint density at radius 1 is 0.800 bits per heavy atom. The second-order valence-electron chi connectivity index (χ2n) is 6.89. The Bertz CT molecular complexity index is 1270. The van der Waals surface area contributed by atoms with Crippen LogP contribution in [0.5, 0.6) is 0 Å². The molecule has 0 aliphatic rings. The zero-order valence-electron chi connectivity index (χ0n) is 16.7. The van der Waals surface area contributed by atoms with Crippen LogP contribution in [0.2, 0.25) is 0 Å². The van der Waals surface area contributed by atoms with Crippen molar-refractivity contribution in [2.24, 2.45) is 4.99 Å². The summed E-state index contributed by atoms with van der Waals surface area (Å²) in [5.41, 5.74) is 4.37. The lowest BCUT2D eigenvalue weighted by atomic mass is 10.1. The summed E-state index contributed by atoms with van der Waals surface area (Å²) >= 11 is 1.24. The fraction of sp³-hybridized carbons (Fsp3) is 0.0800. The molecule has 30 heavy (non-hydrogen) atoms. The molecule has 4 aromatic rings. The number of benzene rings is 3. The third-order valence-electron chi connectivity index (χ3n) is 4.82. The van der Waals surface area contributed by atoms with E-state index in [1.165, 1.54) is 18.3 Å². The minimum absolute atomic E-state index is 0.0410. The topological polar surface area (TPSA) is 51.4 Å². The van der Waals surface area contributed by atoms with E-state index in [1.807, 2.05) is 60.0 Å². The Morgan fingerprint density at radius 3 is 1.97 bits per heavy atom. The molecule has 0 aliphatic heterocycles. The van der Waals surface area contributed by atoms with Crippen LogP contribution >= 0.6 is 11.3 Å². The van der Waals surface area contributed by atoms with Crippen molar-refractivity contribution in [2.75, 3.05) is 0 Å². The molecule has 0 spiro atoms. The van der Waals surface area contributed by atoms with Crippen molar-refractivity contribution in [2.45, 2.75) is 13.8 Å².